The Bertz CT molecular complexity index is 1250. The fourth-order valence-corrected chi connectivity index (χ4v) is 3.45. The normalized spacial score (nSPS) is 11.7. The van der Waals surface area contributed by atoms with Gasteiger partial charge in [-0.05, 0) is 18.6 Å². The second kappa shape index (κ2) is 8.57. The molecule has 1 aromatic carbocycles. The molecule has 4 aromatic rings. The Hall–Kier alpha value is -3.48. The Kier molecular flexibility index (Phi) is 5.82. The van der Waals surface area contributed by atoms with E-state index in [9.17, 15) is 22.0 Å². The average Bonchev–Trinajstić information content (AvgIpc) is 3.38. The molecule has 32 heavy (non-hydrogen) atoms. The van der Waals surface area contributed by atoms with Crippen molar-refractivity contribution < 1.29 is 22.0 Å². The lowest BCUT2D eigenvalue weighted by atomic mass is 10.2. The summed E-state index contributed by atoms with van der Waals surface area (Å²) in [4.78, 5) is 7.95. The summed E-state index contributed by atoms with van der Waals surface area (Å²) < 4.78 is 67.9. The topological polar surface area (TPSA) is 81.4 Å². The molecule has 13 heteroatoms. The van der Waals surface area contributed by atoms with Crippen LogP contribution in [0.4, 0.5) is 32.9 Å². The molecule has 0 saturated heterocycles. The number of anilines is 2. The molecule has 3 heterocycles. The van der Waals surface area contributed by atoms with E-state index in [1.54, 1.807) is 28.9 Å². The van der Waals surface area contributed by atoms with Crippen LogP contribution in [0.15, 0.2) is 36.5 Å². The summed E-state index contributed by atoms with van der Waals surface area (Å²) in [5.41, 5.74) is 1.51. The maximum atomic E-state index is 14.2. The van der Waals surface area contributed by atoms with Crippen molar-refractivity contribution in [3.8, 4) is 11.5 Å². The van der Waals surface area contributed by atoms with Crippen molar-refractivity contribution in [3.05, 3.63) is 64.4 Å². The molecular formula is C19H14F5N7S. The predicted octanol–water partition coefficient (Wildman–Crippen LogP) is 4.84. The van der Waals surface area contributed by atoms with Gasteiger partial charge >= 0.3 is 6.18 Å². The average molecular weight is 467 g/mol. The Morgan fingerprint density at radius 1 is 1.09 bits per heavy atom. The predicted molar refractivity (Wildman–Crippen MR) is 106 cm³/mol. The molecule has 0 aliphatic heterocycles. The summed E-state index contributed by atoms with van der Waals surface area (Å²) in [5, 5.41) is 11.7. The molecule has 0 radical (unpaired) electrons. The quantitative estimate of drug-likeness (QED) is 0.409. The first kappa shape index (κ1) is 21.7. The van der Waals surface area contributed by atoms with E-state index >= 15 is 0 Å². The van der Waals surface area contributed by atoms with Crippen molar-refractivity contribution in [2.24, 2.45) is 0 Å². The maximum Gasteiger partial charge on any atom is 0.445 e. The zero-order chi connectivity index (χ0) is 22.9. The van der Waals surface area contributed by atoms with E-state index in [-0.39, 0.29) is 40.5 Å². The van der Waals surface area contributed by atoms with E-state index in [1.165, 1.54) is 6.07 Å². The van der Waals surface area contributed by atoms with Crippen molar-refractivity contribution >= 4 is 22.3 Å². The standard InChI is InChI=1S/C19H14F5N7S/c1-2-11-7-14(30-31(11)9-10-5-3-4-6-12(10)20)16-25-8-13(21)15(26-16)27-18-29-28-17(32-18)19(22,23)24/h3-8H,2,9H2,1H3,(H,25,26,27,29). The number of alkyl halides is 3. The van der Waals surface area contributed by atoms with Crippen molar-refractivity contribution in [3.63, 3.8) is 0 Å². The van der Waals surface area contributed by atoms with Crippen LogP contribution < -0.4 is 5.32 Å². The van der Waals surface area contributed by atoms with Crippen LogP contribution in [0, 0.1) is 11.6 Å². The van der Waals surface area contributed by atoms with Gasteiger partial charge in [0.1, 0.15) is 11.5 Å². The molecule has 7 nitrogen and oxygen atoms in total. The van der Waals surface area contributed by atoms with Crippen LogP contribution in [-0.4, -0.2) is 29.9 Å². The number of hydrogen-bond acceptors (Lipinski definition) is 7. The Morgan fingerprint density at radius 2 is 1.88 bits per heavy atom. The van der Waals surface area contributed by atoms with Gasteiger partial charge in [0.2, 0.25) is 10.1 Å². The number of aromatic nitrogens is 6. The van der Waals surface area contributed by atoms with Crippen molar-refractivity contribution in [2.45, 2.75) is 26.1 Å². The third kappa shape index (κ3) is 4.56. The lowest BCUT2D eigenvalue weighted by molar-refractivity contribution is -0.138. The minimum absolute atomic E-state index is 0.0384. The molecule has 0 amide bonds. The van der Waals surface area contributed by atoms with Crippen LogP contribution in [0.1, 0.15) is 23.2 Å². The van der Waals surface area contributed by atoms with Crippen LogP contribution >= 0.6 is 11.3 Å². The van der Waals surface area contributed by atoms with Crippen LogP contribution in [0.2, 0.25) is 0 Å². The van der Waals surface area contributed by atoms with Gasteiger partial charge in [-0.25, -0.2) is 18.7 Å². The van der Waals surface area contributed by atoms with E-state index in [4.69, 9.17) is 0 Å². The fraction of sp³-hybridized carbons (Fsp3) is 0.211. The smallest absolute Gasteiger partial charge is 0.312 e. The summed E-state index contributed by atoms with van der Waals surface area (Å²) >= 11 is 0.217. The van der Waals surface area contributed by atoms with Gasteiger partial charge in [0.15, 0.2) is 17.5 Å². The summed E-state index contributed by atoms with van der Waals surface area (Å²) in [7, 11) is 0. The van der Waals surface area contributed by atoms with E-state index in [1.807, 2.05) is 6.92 Å². The number of nitrogens with one attached hydrogen (secondary N) is 1. The van der Waals surface area contributed by atoms with Crippen molar-refractivity contribution in [1.82, 2.24) is 29.9 Å². The van der Waals surface area contributed by atoms with Crippen LogP contribution in [0.25, 0.3) is 11.5 Å². The molecule has 0 bridgehead atoms. The van der Waals surface area contributed by atoms with Crippen LogP contribution in [0.3, 0.4) is 0 Å². The van der Waals surface area contributed by atoms with Gasteiger partial charge < -0.3 is 5.32 Å². The number of nitrogens with zero attached hydrogens (tertiary/aromatic N) is 6. The van der Waals surface area contributed by atoms with E-state index in [2.05, 4.69) is 30.6 Å². The molecule has 0 fully saturated rings. The molecule has 1 N–H and O–H groups in total. The highest BCUT2D eigenvalue weighted by Gasteiger charge is 2.35. The minimum Gasteiger partial charge on any atom is -0.312 e. The Balaban J connectivity index is 1.62. The Morgan fingerprint density at radius 3 is 2.56 bits per heavy atom. The Labute approximate surface area is 182 Å². The summed E-state index contributed by atoms with van der Waals surface area (Å²) in [6.45, 7) is 2.07. The molecule has 0 atom stereocenters. The van der Waals surface area contributed by atoms with Gasteiger partial charge in [-0.3, -0.25) is 4.68 Å². The second-order valence-electron chi connectivity index (χ2n) is 6.55. The van der Waals surface area contributed by atoms with Gasteiger partial charge in [0.25, 0.3) is 0 Å². The third-order valence-electron chi connectivity index (χ3n) is 4.37. The number of hydrogen-bond donors (Lipinski definition) is 1. The highest BCUT2D eigenvalue weighted by atomic mass is 32.1. The van der Waals surface area contributed by atoms with Gasteiger partial charge in [-0.1, -0.05) is 36.5 Å². The van der Waals surface area contributed by atoms with Crippen molar-refractivity contribution in [1.29, 1.82) is 0 Å². The van der Waals surface area contributed by atoms with E-state index in [0.29, 0.717) is 17.7 Å². The molecule has 0 saturated carbocycles. The summed E-state index contributed by atoms with van der Waals surface area (Å²) in [6, 6.07) is 7.98. The summed E-state index contributed by atoms with van der Waals surface area (Å²) in [6.07, 6.45) is -3.20. The molecule has 0 unspecified atom stereocenters. The van der Waals surface area contributed by atoms with Gasteiger partial charge in [-0.15, -0.1) is 10.2 Å². The first-order valence-electron chi connectivity index (χ1n) is 9.25. The number of rotatable bonds is 6. The first-order chi connectivity index (χ1) is 15.2. The van der Waals surface area contributed by atoms with E-state index in [0.717, 1.165) is 11.9 Å². The molecule has 0 spiro atoms. The SMILES string of the molecule is CCc1cc(-c2ncc(F)c(Nc3nnc(C(F)(F)F)s3)n2)nn1Cc1ccccc1F. The molecule has 4 rings (SSSR count). The molecular weight excluding hydrogens is 453 g/mol. The first-order valence-corrected chi connectivity index (χ1v) is 10.1. The van der Waals surface area contributed by atoms with Crippen LogP contribution in [0.5, 0.6) is 0 Å². The largest absolute Gasteiger partial charge is 0.445 e. The fourth-order valence-electron chi connectivity index (χ4n) is 2.84. The lowest BCUT2D eigenvalue weighted by Gasteiger charge is -2.07. The number of aryl methyl sites for hydroxylation is 1. The summed E-state index contributed by atoms with van der Waals surface area (Å²) in [5.74, 6) is -1.59. The monoisotopic (exact) mass is 467 g/mol. The molecule has 166 valence electrons. The number of halogens is 5. The minimum atomic E-state index is -4.66. The van der Waals surface area contributed by atoms with Gasteiger partial charge in [-0.2, -0.15) is 18.3 Å². The number of benzene rings is 1. The highest BCUT2D eigenvalue weighted by molar-refractivity contribution is 7.15. The molecule has 3 aromatic heterocycles. The molecule has 0 aliphatic carbocycles. The third-order valence-corrected chi connectivity index (χ3v) is 5.25. The van der Waals surface area contributed by atoms with Crippen LogP contribution in [-0.2, 0) is 19.1 Å². The highest BCUT2D eigenvalue weighted by Crippen LogP contribution is 2.34. The lowest BCUT2D eigenvalue weighted by Crippen LogP contribution is -2.07. The zero-order valence-electron chi connectivity index (χ0n) is 16.4. The maximum absolute atomic E-state index is 14.2. The zero-order valence-corrected chi connectivity index (χ0v) is 17.2. The van der Waals surface area contributed by atoms with E-state index < -0.39 is 17.0 Å². The van der Waals surface area contributed by atoms with Gasteiger partial charge in [0.05, 0.1) is 12.7 Å². The second-order valence-corrected chi connectivity index (χ2v) is 7.53. The molecule has 0 aliphatic rings. The van der Waals surface area contributed by atoms with Crippen molar-refractivity contribution in [2.75, 3.05) is 5.32 Å². The van der Waals surface area contributed by atoms with Gasteiger partial charge in [0, 0.05) is 11.3 Å².